The van der Waals surface area contributed by atoms with E-state index in [0.29, 0.717) is 5.56 Å². The van der Waals surface area contributed by atoms with Crippen LogP contribution < -0.4 is 0 Å². The van der Waals surface area contributed by atoms with Crippen LogP contribution in [0.1, 0.15) is 49.4 Å². The van der Waals surface area contributed by atoms with E-state index < -0.39 is 0 Å². The molecule has 0 saturated heterocycles. The van der Waals surface area contributed by atoms with E-state index in [1.807, 2.05) is 31.2 Å². The normalized spacial score (nSPS) is 12.6. The second kappa shape index (κ2) is 9.55. The predicted molar refractivity (Wildman–Crippen MR) is 117 cm³/mol. The number of allylic oxidation sites excluding steroid dienone is 7. The lowest BCUT2D eigenvalue weighted by molar-refractivity contribution is 1.12. The van der Waals surface area contributed by atoms with Crippen LogP contribution in [-0.2, 0) is 0 Å². The van der Waals surface area contributed by atoms with Crippen molar-refractivity contribution >= 4 is 11.1 Å². The fourth-order valence-corrected chi connectivity index (χ4v) is 3.02. The van der Waals surface area contributed by atoms with Crippen molar-refractivity contribution in [3.63, 3.8) is 0 Å². The van der Waals surface area contributed by atoms with E-state index in [-0.39, 0.29) is 0 Å². The Bertz CT molecular complexity index is 927. The van der Waals surface area contributed by atoms with Gasteiger partial charge in [0.05, 0.1) is 11.6 Å². The molecular weight excluding hydrogens is 326 g/mol. The van der Waals surface area contributed by atoms with E-state index in [0.717, 1.165) is 28.7 Å². The number of hydrogen-bond donors (Lipinski definition) is 0. The number of nitriles is 1. The first kappa shape index (κ1) is 20.2. The highest BCUT2D eigenvalue weighted by atomic mass is 14.2. The van der Waals surface area contributed by atoms with Crippen LogP contribution in [0.25, 0.3) is 11.1 Å². The average Bonchev–Trinajstić information content (AvgIpc) is 2.70. The summed E-state index contributed by atoms with van der Waals surface area (Å²) in [6.07, 6.45) is 7.43. The first-order chi connectivity index (χ1) is 13.0. The molecule has 0 spiro atoms. The molecule has 0 radical (unpaired) electrons. The van der Waals surface area contributed by atoms with Gasteiger partial charge in [0, 0.05) is 0 Å². The molecule has 1 nitrogen and oxygen atoms in total. The van der Waals surface area contributed by atoms with Crippen LogP contribution in [0.15, 0.2) is 84.5 Å². The minimum atomic E-state index is 0.662. The third-order valence-electron chi connectivity index (χ3n) is 4.67. The molecule has 0 saturated carbocycles. The molecule has 0 bridgehead atoms. The van der Waals surface area contributed by atoms with E-state index in [2.05, 4.69) is 75.9 Å². The van der Waals surface area contributed by atoms with Crippen molar-refractivity contribution in [3.8, 4) is 6.07 Å². The van der Waals surface area contributed by atoms with Gasteiger partial charge in [-0.15, -0.1) is 0 Å². The summed E-state index contributed by atoms with van der Waals surface area (Å²) in [5, 5.41) is 9.09. The second-order valence-electron chi connectivity index (χ2n) is 6.65. The molecule has 0 aliphatic carbocycles. The molecule has 2 rings (SSSR count). The van der Waals surface area contributed by atoms with Crippen LogP contribution in [0.3, 0.4) is 0 Å². The smallest absolute Gasteiger partial charge is 0.0991 e. The molecule has 0 aromatic heterocycles. The molecule has 136 valence electrons. The summed E-state index contributed by atoms with van der Waals surface area (Å²) in [7, 11) is 0. The number of hydrogen-bond acceptors (Lipinski definition) is 1. The quantitative estimate of drug-likeness (QED) is 0.501. The lowest BCUT2D eigenvalue weighted by Gasteiger charge is -2.14. The van der Waals surface area contributed by atoms with Crippen molar-refractivity contribution in [2.45, 2.75) is 34.1 Å². The van der Waals surface area contributed by atoms with Gasteiger partial charge >= 0.3 is 0 Å². The third-order valence-corrected chi connectivity index (χ3v) is 4.67. The maximum atomic E-state index is 9.09. The first-order valence-corrected chi connectivity index (χ1v) is 9.31. The van der Waals surface area contributed by atoms with E-state index in [4.69, 9.17) is 5.26 Å². The van der Waals surface area contributed by atoms with Gasteiger partial charge in [-0.05, 0) is 72.7 Å². The molecular formula is C26H27N. The van der Waals surface area contributed by atoms with Crippen LogP contribution >= 0.6 is 0 Å². The summed E-state index contributed by atoms with van der Waals surface area (Å²) >= 11 is 0. The molecule has 27 heavy (non-hydrogen) atoms. The predicted octanol–water partition coefficient (Wildman–Crippen LogP) is 7.27. The maximum Gasteiger partial charge on any atom is 0.0991 e. The zero-order valence-corrected chi connectivity index (χ0v) is 16.7. The lowest BCUT2D eigenvalue weighted by Crippen LogP contribution is -1.92. The summed E-state index contributed by atoms with van der Waals surface area (Å²) in [6.45, 7) is 12.8. The van der Waals surface area contributed by atoms with E-state index in [1.165, 1.54) is 16.7 Å². The molecule has 0 amide bonds. The standard InChI is InChI=1S/C26H27N/c1-6-8-23(7-2)20(4)17-26(25-15-11-22(18-27)12-16-25)21(5)24-13-9-19(3)10-14-24/h6,8-17H,5,7H2,1-4H3/b8-6-,23-20+,26-17+. The molecule has 2 aromatic rings. The lowest BCUT2D eigenvalue weighted by atomic mass is 9.90. The molecule has 2 aromatic carbocycles. The van der Waals surface area contributed by atoms with Crippen molar-refractivity contribution in [1.29, 1.82) is 5.26 Å². The van der Waals surface area contributed by atoms with Crippen molar-refractivity contribution in [2.24, 2.45) is 0 Å². The highest BCUT2D eigenvalue weighted by Crippen LogP contribution is 2.32. The summed E-state index contributed by atoms with van der Waals surface area (Å²) in [5.41, 5.74) is 8.65. The van der Waals surface area contributed by atoms with Gasteiger partial charge < -0.3 is 0 Å². The first-order valence-electron chi connectivity index (χ1n) is 9.31. The molecule has 1 heteroatoms. The molecule has 0 atom stereocenters. The summed E-state index contributed by atoms with van der Waals surface area (Å²) in [5.74, 6) is 0. The zero-order valence-electron chi connectivity index (χ0n) is 16.7. The van der Waals surface area contributed by atoms with Crippen molar-refractivity contribution in [2.75, 3.05) is 0 Å². The van der Waals surface area contributed by atoms with Crippen LogP contribution in [0.2, 0.25) is 0 Å². The molecule has 0 N–H and O–H groups in total. The van der Waals surface area contributed by atoms with Crippen LogP contribution in [0.4, 0.5) is 0 Å². The minimum absolute atomic E-state index is 0.662. The average molecular weight is 354 g/mol. The van der Waals surface area contributed by atoms with Gasteiger partial charge in [0.25, 0.3) is 0 Å². The van der Waals surface area contributed by atoms with Gasteiger partial charge in [0.2, 0.25) is 0 Å². The molecule has 0 aliphatic rings. The Balaban J connectivity index is 2.60. The van der Waals surface area contributed by atoms with Gasteiger partial charge in [-0.3, -0.25) is 0 Å². The zero-order chi connectivity index (χ0) is 19.8. The maximum absolute atomic E-state index is 9.09. The van der Waals surface area contributed by atoms with E-state index in [9.17, 15) is 0 Å². The Morgan fingerprint density at radius 3 is 2.15 bits per heavy atom. The molecule has 0 unspecified atom stereocenters. The Morgan fingerprint density at radius 2 is 1.63 bits per heavy atom. The van der Waals surface area contributed by atoms with Crippen molar-refractivity contribution in [3.05, 3.63) is 107 Å². The molecule has 0 aliphatic heterocycles. The third kappa shape index (κ3) is 5.19. The fraction of sp³-hybridized carbons (Fsp3) is 0.192. The number of benzene rings is 2. The Labute approximate surface area is 163 Å². The second-order valence-corrected chi connectivity index (χ2v) is 6.65. The topological polar surface area (TPSA) is 23.8 Å². The van der Waals surface area contributed by atoms with Crippen molar-refractivity contribution in [1.82, 2.24) is 0 Å². The van der Waals surface area contributed by atoms with Gasteiger partial charge in [-0.1, -0.05) is 73.7 Å². The fourth-order valence-electron chi connectivity index (χ4n) is 3.02. The molecule has 0 heterocycles. The van der Waals surface area contributed by atoms with Crippen LogP contribution in [0.5, 0.6) is 0 Å². The SMILES string of the molecule is C=C(\C(=C/C(C)=C(/C=C\C)CC)c1ccc(C#N)cc1)c1ccc(C)cc1. The monoisotopic (exact) mass is 353 g/mol. The van der Waals surface area contributed by atoms with Gasteiger partial charge in [0.1, 0.15) is 0 Å². The summed E-state index contributed by atoms with van der Waals surface area (Å²) in [6, 6.07) is 18.3. The largest absolute Gasteiger partial charge is 0.192 e. The van der Waals surface area contributed by atoms with Crippen LogP contribution in [0, 0.1) is 18.3 Å². The van der Waals surface area contributed by atoms with E-state index in [1.54, 1.807) is 0 Å². The number of rotatable bonds is 6. The number of aryl methyl sites for hydroxylation is 1. The summed E-state index contributed by atoms with van der Waals surface area (Å²) in [4.78, 5) is 0. The minimum Gasteiger partial charge on any atom is -0.192 e. The van der Waals surface area contributed by atoms with Crippen LogP contribution in [-0.4, -0.2) is 0 Å². The van der Waals surface area contributed by atoms with Crippen molar-refractivity contribution < 1.29 is 0 Å². The highest BCUT2D eigenvalue weighted by molar-refractivity contribution is 6.04. The Hall–Kier alpha value is -3.11. The molecule has 0 fully saturated rings. The Kier molecular flexibility index (Phi) is 7.15. The Morgan fingerprint density at radius 1 is 1.04 bits per heavy atom. The van der Waals surface area contributed by atoms with E-state index >= 15 is 0 Å². The van der Waals surface area contributed by atoms with Gasteiger partial charge in [0.15, 0.2) is 0 Å². The highest BCUT2D eigenvalue weighted by Gasteiger charge is 2.10. The van der Waals surface area contributed by atoms with Gasteiger partial charge in [-0.2, -0.15) is 5.26 Å². The number of nitrogens with zero attached hydrogens (tertiary/aromatic N) is 1. The van der Waals surface area contributed by atoms with Gasteiger partial charge in [-0.25, -0.2) is 0 Å². The summed E-state index contributed by atoms with van der Waals surface area (Å²) < 4.78 is 0.